The number of carboxylic acid groups (broad SMARTS) is 1. The predicted octanol–water partition coefficient (Wildman–Crippen LogP) is 2.14. The van der Waals surface area contributed by atoms with E-state index in [9.17, 15) is 9.59 Å². The first kappa shape index (κ1) is 14.2. The van der Waals surface area contributed by atoms with Crippen LogP contribution in [0.5, 0.6) is 0 Å². The molecule has 6 nitrogen and oxygen atoms in total. The highest BCUT2D eigenvalue weighted by atomic mass is 32.2. The zero-order valence-electron chi connectivity index (χ0n) is 10.6. The fraction of sp³-hybridized carbons (Fsp3) is 0.167. The Morgan fingerprint density at radius 2 is 2.24 bits per heavy atom. The third-order valence-electron chi connectivity index (χ3n) is 2.65. The summed E-state index contributed by atoms with van der Waals surface area (Å²) in [4.78, 5) is 32.5. The van der Waals surface area contributed by atoms with Crippen LogP contribution in [0.1, 0.15) is 5.01 Å². The van der Waals surface area contributed by atoms with Gasteiger partial charge in [-0.2, -0.15) is 0 Å². The highest BCUT2D eigenvalue weighted by molar-refractivity contribution is 7.99. The molecule has 0 aliphatic carbocycles. The number of thiophene rings is 1. The average molecular weight is 339 g/mol. The SMILES string of the molecule is O=C(O)CSc1nc2sccc2c(=O)n1Cc1nccs1. The maximum Gasteiger partial charge on any atom is 0.313 e. The van der Waals surface area contributed by atoms with Crippen LogP contribution in [-0.4, -0.2) is 31.4 Å². The summed E-state index contributed by atoms with van der Waals surface area (Å²) in [5.74, 6) is -1.08. The molecule has 0 amide bonds. The Hall–Kier alpha value is -1.71. The molecule has 0 saturated carbocycles. The molecular formula is C12H9N3O3S3. The summed E-state index contributed by atoms with van der Waals surface area (Å²) < 4.78 is 1.49. The van der Waals surface area contributed by atoms with Gasteiger partial charge >= 0.3 is 5.97 Å². The van der Waals surface area contributed by atoms with E-state index < -0.39 is 5.97 Å². The maximum atomic E-state index is 12.5. The molecule has 0 saturated heterocycles. The van der Waals surface area contributed by atoms with E-state index in [1.54, 1.807) is 17.6 Å². The second-order valence-electron chi connectivity index (χ2n) is 4.03. The Morgan fingerprint density at radius 3 is 2.95 bits per heavy atom. The lowest BCUT2D eigenvalue weighted by atomic mass is 10.4. The molecule has 0 bridgehead atoms. The first-order valence-corrected chi connectivity index (χ1v) is 8.60. The fourth-order valence-corrected chi connectivity index (χ4v) is 3.90. The molecule has 3 rings (SSSR count). The first-order valence-electron chi connectivity index (χ1n) is 5.86. The van der Waals surface area contributed by atoms with E-state index in [1.165, 1.54) is 27.2 Å². The summed E-state index contributed by atoms with van der Waals surface area (Å²) in [7, 11) is 0. The number of thioether (sulfide) groups is 1. The van der Waals surface area contributed by atoms with Crippen LogP contribution in [0.25, 0.3) is 10.2 Å². The van der Waals surface area contributed by atoms with E-state index in [2.05, 4.69) is 9.97 Å². The average Bonchev–Trinajstić information content (AvgIpc) is 3.11. The highest BCUT2D eigenvalue weighted by Gasteiger charge is 2.14. The third kappa shape index (κ3) is 2.99. The molecule has 0 fully saturated rings. The maximum absolute atomic E-state index is 12.5. The van der Waals surface area contributed by atoms with Gasteiger partial charge in [-0.3, -0.25) is 14.2 Å². The zero-order chi connectivity index (χ0) is 14.8. The van der Waals surface area contributed by atoms with Gasteiger partial charge in [0.2, 0.25) is 0 Å². The summed E-state index contributed by atoms with van der Waals surface area (Å²) in [6, 6.07) is 1.74. The molecule has 1 N–H and O–H groups in total. The largest absolute Gasteiger partial charge is 0.481 e. The zero-order valence-corrected chi connectivity index (χ0v) is 13.0. The van der Waals surface area contributed by atoms with Gasteiger partial charge in [0.25, 0.3) is 5.56 Å². The Morgan fingerprint density at radius 1 is 1.38 bits per heavy atom. The van der Waals surface area contributed by atoms with E-state index >= 15 is 0 Å². The molecule has 0 aliphatic heterocycles. The number of aromatic nitrogens is 3. The van der Waals surface area contributed by atoms with Crippen molar-refractivity contribution in [2.75, 3.05) is 5.75 Å². The fourth-order valence-electron chi connectivity index (χ4n) is 1.77. The Bertz CT molecular complexity index is 838. The summed E-state index contributed by atoms with van der Waals surface area (Å²) >= 11 is 3.86. The summed E-state index contributed by atoms with van der Waals surface area (Å²) in [5, 5.41) is 14.2. The van der Waals surface area contributed by atoms with Gasteiger partial charge in [0.05, 0.1) is 17.7 Å². The van der Waals surface area contributed by atoms with Gasteiger partial charge in [-0.05, 0) is 11.4 Å². The minimum Gasteiger partial charge on any atom is -0.481 e. The summed E-state index contributed by atoms with van der Waals surface area (Å²) in [6.07, 6.45) is 1.67. The molecular weight excluding hydrogens is 330 g/mol. The monoisotopic (exact) mass is 339 g/mol. The smallest absolute Gasteiger partial charge is 0.313 e. The molecule has 3 aromatic rings. The van der Waals surface area contributed by atoms with E-state index in [-0.39, 0.29) is 11.3 Å². The van der Waals surface area contributed by atoms with E-state index in [1.807, 2.05) is 5.38 Å². The topological polar surface area (TPSA) is 85.1 Å². The molecule has 21 heavy (non-hydrogen) atoms. The van der Waals surface area contributed by atoms with Crippen molar-refractivity contribution in [1.82, 2.24) is 14.5 Å². The second-order valence-corrected chi connectivity index (χ2v) is 6.85. The van der Waals surface area contributed by atoms with Gasteiger partial charge in [0, 0.05) is 11.6 Å². The van der Waals surface area contributed by atoms with E-state index in [0.29, 0.717) is 21.9 Å². The molecule has 0 unspecified atom stereocenters. The molecule has 108 valence electrons. The quantitative estimate of drug-likeness (QED) is 0.566. The van der Waals surface area contributed by atoms with Crippen LogP contribution < -0.4 is 5.56 Å². The van der Waals surface area contributed by atoms with Crippen LogP contribution in [0.3, 0.4) is 0 Å². The van der Waals surface area contributed by atoms with Crippen LogP contribution in [-0.2, 0) is 11.3 Å². The summed E-state index contributed by atoms with van der Waals surface area (Å²) in [6.45, 7) is 0.303. The number of thiazole rings is 1. The van der Waals surface area contributed by atoms with Crippen molar-refractivity contribution >= 4 is 50.6 Å². The van der Waals surface area contributed by atoms with Crippen LogP contribution in [0.2, 0.25) is 0 Å². The molecule has 3 heterocycles. The van der Waals surface area contributed by atoms with Crippen LogP contribution in [0.15, 0.2) is 33.0 Å². The van der Waals surface area contributed by atoms with Gasteiger partial charge in [0.15, 0.2) is 5.16 Å². The van der Waals surface area contributed by atoms with Crippen molar-refractivity contribution in [3.8, 4) is 0 Å². The van der Waals surface area contributed by atoms with Gasteiger partial charge in [-0.15, -0.1) is 22.7 Å². The summed E-state index contributed by atoms with van der Waals surface area (Å²) in [5.41, 5.74) is -0.163. The molecule has 0 radical (unpaired) electrons. The third-order valence-corrected chi connectivity index (χ3v) is 5.18. The van der Waals surface area contributed by atoms with Crippen molar-refractivity contribution < 1.29 is 9.90 Å². The number of rotatable bonds is 5. The Labute approximate surface area is 131 Å². The minimum absolute atomic E-state index is 0.138. The van der Waals surface area contributed by atoms with Crippen LogP contribution in [0, 0.1) is 0 Å². The molecule has 3 aromatic heterocycles. The minimum atomic E-state index is -0.943. The number of hydrogen-bond acceptors (Lipinski definition) is 7. The van der Waals surface area contributed by atoms with E-state index in [0.717, 1.165) is 16.8 Å². The number of fused-ring (bicyclic) bond motifs is 1. The number of carboxylic acids is 1. The van der Waals surface area contributed by atoms with Crippen LogP contribution in [0.4, 0.5) is 0 Å². The Balaban J connectivity index is 2.08. The predicted molar refractivity (Wildman–Crippen MR) is 83.5 cm³/mol. The van der Waals surface area contributed by atoms with Gasteiger partial charge < -0.3 is 5.11 Å². The lowest BCUT2D eigenvalue weighted by Crippen LogP contribution is -2.23. The number of hydrogen-bond donors (Lipinski definition) is 1. The highest BCUT2D eigenvalue weighted by Crippen LogP contribution is 2.22. The molecule has 0 spiro atoms. The number of carbonyl (C=O) groups is 1. The first-order chi connectivity index (χ1) is 10.1. The number of nitrogens with zero attached hydrogens (tertiary/aromatic N) is 3. The number of aliphatic carboxylic acids is 1. The van der Waals surface area contributed by atoms with Crippen molar-refractivity contribution in [3.63, 3.8) is 0 Å². The molecule has 0 aromatic carbocycles. The Kier molecular flexibility index (Phi) is 4.04. The van der Waals surface area contributed by atoms with Crippen molar-refractivity contribution in [2.45, 2.75) is 11.7 Å². The standard InChI is InChI=1S/C12H9N3O3S3/c16-9(17)6-21-12-14-10-7(1-3-20-10)11(18)15(12)5-8-13-2-4-19-8/h1-4H,5-6H2,(H,16,17). The lowest BCUT2D eigenvalue weighted by molar-refractivity contribution is -0.133. The normalized spacial score (nSPS) is 11.0. The van der Waals surface area contributed by atoms with Gasteiger partial charge in [-0.1, -0.05) is 11.8 Å². The lowest BCUT2D eigenvalue weighted by Gasteiger charge is -2.09. The molecule has 0 aliphatic rings. The van der Waals surface area contributed by atoms with Crippen molar-refractivity contribution in [1.29, 1.82) is 0 Å². The molecule has 0 atom stereocenters. The van der Waals surface area contributed by atoms with Crippen LogP contribution >= 0.6 is 34.4 Å². The second kappa shape index (κ2) is 5.96. The van der Waals surface area contributed by atoms with Crippen molar-refractivity contribution in [3.05, 3.63) is 38.4 Å². The van der Waals surface area contributed by atoms with Crippen molar-refractivity contribution in [2.24, 2.45) is 0 Å². The molecule has 9 heteroatoms. The van der Waals surface area contributed by atoms with Gasteiger partial charge in [-0.25, -0.2) is 9.97 Å². The van der Waals surface area contributed by atoms with E-state index in [4.69, 9.17) is 5.11 Å². The van der Waals surface area contributed by atoms with Gasteiger partial charge in [0.1, 0.15) is 9.84 Å².